The molecule has 27 heavy (non-hydrogen) atoms. The van der Waals surface area contributed by atoms with Gasteiger partial charge in [0.1, 0.15) is 0 Å². The molecule has 0 unspecified atom stereocenters. The molecule has 7 heteroatoms. The van der Waals surface area contributed by atoms with Crippen molar-refractivity contribution in [1.29, 1.82) is 0 Å². The van der Waals surface area contributed by atoms with E-state index in [1.807, 2.05) is 37.4 Å². The lowest BCUT2D eigenvalue weighted by Crippen LogP contribution is -2.38. The van der Waals surface area contributed by atoms with Crippen molar-refractivity contribution in [3.05, 3.63) is 60.2 Å². The lowest BCUT2D eigenvalue weighted by atomic mass is 10.2. The second-order valence-electron chi connectivity index (χ2n) is 6.66. The molecule has 6 nitrogen and oxygen atoms in total. The summed E-state index contributed by atoms with van der Waals surface area (Å²) in [5, 5.41) is 2.90. The summed E-state index contributed by atoms with van der Waals surface area (Å²) in [5.74, 6) is -0.0392. The number of carbonyl (C=O) groups is 1. The standard InChI is InChI=1S/C20H25N3O3S/c1-22(18-9-3-2-4-10-18)14-12-21-20(24)17-8-7-11-19(16-17)23-13-5-6-15-27(23,25)26/h2-4,7-11,16H,5-6,12-15H2,1H3,(H,21,24). The highest BCUT2D eigenvalue weighted by molar-refractivity contribution is 7.92. The molecule has 1 aliphatic rings. The van der Waals surface area contributed by atoms with Gasteiger partial charge in [0.2, 0.25) is 10.0 Å². The number of hydrogen-bond acceptors (Lipinski definition) is 4. The van der Waals surface area contributed by atoms with Gasteiger partial charge in [-0.05, 0) is 43.2 Å². The molecule has 1 aliphatic heterocycles. The zero-order valence-electron chi connectivity index (χ0n) is 15.5. The Kier molecular flexibility index (Phi) is 6.01. The van der Waals surface area contributed by atoms with Crippen LogP contribution in [0.25, 0.3) is 0 Å². The number of sulfonamides is 1. The number of nitrogens with one attached hydrogen (secondary N) is 1. The largest absolute Gasteiger partial charge is 0.373 e. The molecule has 1 N–H and O–H groups in total. The van der Waals surface area contributed by atoms with Gasteiger partial charge in [-0.1, -0.05) is 24.3 Å². The number of nitrogens with zero attached hydrogens (tertiary/aromatic N) is 2. The summed E-state index contributed by atoms with van der Waals surface area (Å²) in [6, 6.07) is 16.8. The fourth-order valence-corrected chi connectivity index (χ4v) is 4.76. The van der Waals surface area contributed by atoms with Gasteiger partial charge in [0.25, 0.3) is 5.91 Å². The molecule has 0 saturated carbocycles. The van der Waals surface area contributed by atoms with E-state index in [9.17, 15) is 13.2 Å². The molecule has 0 atom stereocenters. The molecule has 2 aromatic rings. The summed E-state index contributed by atoms with van der Waals surface area (Å²) in [4.78, 5) is 14.5. The Morgan fingerprint density at radius 3 is 2.63 bits per heavy atom. The first-order valence-corrected chi connectivity index (χ1v) is 10.7. The van der Waals surface area contributed by atoms with Crippen molar-refractivity contribution in [2.45, 2.75) is 12.8 Å². The third kappa shape index (κ3) is 4.80. The summed E-state index contributed by atoms with van der Waals surface area (Å²) in [7, 11) is -1.31. The lowest BCUT2D eigenvalue weighted by molar-refractivity contribution is 0.0954. The number of para-hydroxylation sites is 1. The predicted molar refractivity (Wildman–Crippen MR) is 109 cm³/mol. The van der Waals surface area contributed by atoms with Crippen LogP contribution in [0.2, 0.25) is 0 Å². The minimum Gasteiger partial charge on any atom is -0.373 e. The Morgan fingerprint density at radius 2 is 1.89 bits per heavy atom. The number of amides is 1. The lowest BCUT2D eigenvalue weighted by Gasteiger charge is -2.28. The molecule has 1 amide bonds. The van der Waals surface area contributed by atoms with Gasteiger partial charge in [-0.2, -0.15) is 0 Å². The van der Waals surface area contributed by atoms with Crippen LogP contribution in [-0.2, 0) is 10.0 Å². The molecule has 0 bridgehead atoms. The molecule has 0 spiro atoms. The number of rotatable bonds is 6. The Hall–Kier alpha value is -2.54. The Bertz CT molecular complexity index is 884. The molecule has 144 valence electrons. The number of anilines is 2. The Balaban J connectivity index is 1.60. The van der Waals surface area contributed by atoms with Crippen molar-refractivity contribution in [3.8, 4) is 0 Å². The zero-order chi connectivity index (χ0) is 19.3. The first-order chi connectivity index (χ1) is 13.0. The Morgan fingerprint density at radius 1 is 1.11 bits per heavy atom. The van der Waals surface area contributed by atoms with Gasteiger partial charge < -0.3 is 10.2 Å². The molecule has 2 aromatic carbocycles. The van der Waals surface area contributed by atoms with Crippen LogP contribution in [0.4, 0.5) is 11.4 Å². The quantitative estimate of drug-likeness (QED) is 0.827. The normalized spacial score (nSPS) is 16.0. The molecule has 1 fully saturated rings. The average molecular weight is 388 g/mol. The monoisotopic (exact) mass is 387 g/mol. The second-order valence-corrected chi connectivity index (χ2v) is 8.67. The first-order valence-electron chi connectivity index (χ1n) is 9.12. The summed E-state index contributed by atoms with van der Waals surface area (Å²) in [5.41, 5.74) is 2.11. The van der Waals surface area contributed by atoms with E-state index < -0.39 is 10.0 Å². The minimum atomic E-state index is -3.28. The van der Waals surface area contributed by atoms with Crippen molar-refractivity contribution in [2.75, 3.05) is 41.6 Å². The molecule has 0 aromatic heterocycles. The third-order valence-corrected chi connectivity index (χ3v) is 6.54. The van der Waals surface area contributed by atoms with Crippen LogP contribution in [0.5, 0.6) is 0 Å². The van der Waals surface area contributed by atoms with E-state index in [1.54, 1.807) is 24.3 Å². The smallest absolute Gasteiger partial charge is 0.251 e. The molecule has 1 saturated heterocycles. The maximum Gasteiger partial charge on any atom is 0.251 e. The SMILES string of the molecule is CN(CCNC(=O)c1cccc(N2CCCCS2(=O)=O)c1)c1ccccc1. The molecule has 3 rings (SSSR count). The summed E-state index contributed by atoms with van der Waals surface area (Å²) in [6.07, 6.45) is 1.52. The number of carbonyl (C=O) groups excluding carboxylic acids is 1. The fraction of sp³-hybridized carbons (Fsp3) is 0.350. The van der Waals surface area contributed by atoms with Gasteiger partial charge >= 0.3 is 0 Å². The van der Waals surface area contributed by atoms with Gasteiger partial charge in [0.15, 0.2) is 0 Å². The van der Waals surface area contributed by atoms with E-state index in [0.29, 0.717) is 37.3 Å². The first kappa shape index (κ1) is 19.2. The van der Waals surface area contributed by atoms with E-state index >= 15 is 0 Å². The van der Waals surface area contributed by atoms with Crippen LogP contribution in [0.3, 0.4) is 0 Å². The van der Waals surface area contributed by atoms with Gasteiger partial charge in [-0.15, -0.1) is 0 Å². The second kappa shape index (κ2) is 8.43. The Labute approximate surface area is 160 Å². The maximum atomic E-state index is 12.5. The van der Waals surface area contributed by atoms with Crippen molar-refractivity contribution in [1.82, 2.24) is 5.32 Å². The van der Waals surface area contributed by atoms with Crippen LogP contribution in [0.1, 0.15) is 23.2 Å². The predicted octanol–water partition coefficient (Wildman–Crippen LogP) is 2.48. The van der Waals surface area contributed by atoms with Crippen LogP contribution in [0.15, 0.2) is 54.6 Å². The van der Waals surface area contributed by atoms with Crippen molar-refractivity contribution in [2.24, 2.45) is 0 Å². The van der Waals surface area contributed by atoms with E-state index in [4.69, 9.17) is 0 Å². The molecule has 1 heterocycles. The minimum absolute atomic E-state index is 0.162. The highest BCUT2D eigenvalue weighted by Gasteiger charge is 2.26. The van der Waals surface area contributed by atoms with Crippen molar-refractivity contribution in [3.63, 3.8) is 0 Å². The van der Waals surface area contributed by atoms with Crippen molar-refractivity contribution < 1.29 is 13.2 Å². The zero-order valence-corrected chi connectivity index (χ0v) is 16.3. The summed E-state index contributed by atoms with van der Waals surface area (Å²) < 4.78 is 25.9. The van der Waals surface area contributed by atoms with E-state index in [-0.39, 0.29) is 11.7 Å². The van der Waals surface area contributed by atoms with Gasteiger partial charge in [0.05, 0.1) is 11.4 Å². The van der Waals surface area contributed by atoms with E-state index in [1.165, 1.54) is 4.31 Å². The maximum absolute atomic E-state index is 12.5. The van der Waals surface area contributed by atoms with Crippen LogP contribution < -0.4 is 14.5 Å². The van der Waals surface area contributed by atoms with Crippen LogP contribution in [0, 0.1) is 0 Å². The summed E-state index contributed by atoms with van der Waals surface area (Å²) >= 11 is 0. The van der Waals surface area contributed by atoms with Crippen molar-refractivity contribution >= 4 is 27.3 Å². The molecular formula is C20H25N3O3S. The van der Waals surface area contributed by atoms with Crippen LogP contribution in [-0.4, -0.2) is 46.8 Å². The average Bonchev–Trinajstić information content (AvgIpc) is 2.68. The molecular weight excluding hydrogens is 362 g/mol. The number of likely N-dealkylation sites (N-methyl/N-ethyl adjacent to an activating group) is 1. The van der Waals surface area contributed by atoms with Gasteiger partial charge in [0, 0.05) is 37.9 Å². The van der Waals surface area contributed by atoms with Gasteiger partial charge in [-0.3, -0.25) is 9.10 Å². The highest BCUT2D eigenvalue weighted by atomic mass is 32.2. The van der Waals surface area contributed by atoms with E-state index in [0.717, 1.165) is 12.1 Å². The van der Waals surface area contributed by atoms with E-state index in [2.05, 4.69) is 10.2 Å². The molecule has 0 aliphatic carbocycles. The topological polar surface area (TPSA) is 69.7 Å². The van der Waals surface area contributed by atoms with Crippen LogP contribution >= 0.6 is 0 Å². The van der Waals surface area contributed by atoms with Gasteiger partial charge in [-0.25, -0.2) is 8.42 Å². The molecule has 0 radical (unpaired) electrons. The summed E-state index contributed by atoms with van der Waals surface area (Å²) in [6.45, 7) is 1.64. The highest BCUT2D eigenvalue weighted by Crippen LogP contribution is 2.24. The third-order valence-electron chi connectivity index (χ3n) is 4.68. The fourth-order valence-electron chi connectivity index (χ4n) is 3.13. The number of benzene rings is 2. The number of hydrogen-bond donors (Lipinski definition) is 1.